The highest BCUT2D eigenvalue weighted by atomic mass is 16.5. The smallest absolute Gasteiger partial charge is 0.325 e. The van der Waals surface area contributed by atoms with Crippen LogP contribution in [0.5, 0.6) is 11.5 Å². The van der Waals surface area contributed by atoms with Crippen LogP contribution in [0, 0.1) is 0 Å². The van der Waals surface area contributed by atoms with Crippen molar-refractivity contribution >= 4 is 5.97 Å². The Morgan fingerprint density at radius 1 is 1.30 bits per heavy atom. The Kier molecular flexibility index (Phi) is 4.46. The zero-order valence-electron chi connectivity index (χ0n) is 11.7. The van der Waals surface area contributed by atoms with E-state index in [1.54, 1.807) is 12.1 Å². The number of carbonyl (C=O) groups is 1. The molecule has 1 saturated heterocycles. The van der Waals surface area contributed by atoms with Gasteiger partial charge in [0, 0.05) is 26.2 Å². The fourth-order valence-electron chi connectivity index (χ4n) is 2.45. The first-order valence-corrected chi connectivity index (χ1v) is 6.55. The molecule has 2 N–H and O–H groups in total. The van der Waals surface area contributed by atoms with E-state index in [1.165, 1.54) is 13.2 Å². The van der Waals surface area contributed by atoms with E-state index < -0.39 is 12.0 Å². The first-order valence-electron chi connectivity index (χ1n) is 6.55. The number of ether oxygens (including phenoxy) is 1. The maximum Gasteiger partial charge on any atom is 0.325 e. The fourth-order valence-corrected chi connectivity index (χ4v) is 2.45. The van der Waals surface area contributed by atoms with Crippen molar-refractivity contribution in [2.75, 3.05) is 40.3 Å². The number of hydrogen-bond donors (Lipinski definition) is 2. The van der Waals surface area contributed by atoms with Gasteiger partial charge in [-0.25, -0.2) is 0 Å². The molecule has 0 bridgehead atoms. The van der Waals surface area contributed by atoms with E-state index in [0.29, 0.717) is 24.4 Å². The average molecular weight is 280 g/mol. The molecular weight excluding hydrogens is 260 g/mol. The largest absolute Gasteiger partial charge is 0.504 e. The second-order valence-corrected chi connectivity index (χ2v) is 5.01. The lowest BCUT2D eigenvalue weighted by molar-refractivity contribution is -0.144. The van der Waals surface area contributed by atoms with Crippen molar-refractivity contribution < 1.29 is 19.7 Å². The molecule has 110 valence electrons. The van der Waals surface area contributed by atoms with Gasteiger partial charge in [-0.05, 0) is 24.7 Å². The van der Waals surface area contributed by atoms with Crippen LogP contribution < -0.4 is 4.74 Å². The first-order chi connectivity index (χ1) is 9.52. The Balaban J connectivity index is 2.26. The molecule has 1 aliphatic heterocycles. The highest BCUT2D eigenvalue weighted by molar-refractivity contribution is 5.76. The van der Waals surface area contributed by atoms with E-state index in [9.17, 15) is 15.0 Å². The lowest BCUT2D eigenvalue weighted by Crippen LogP contribution is -2.47. The molecule has 0 amide bonds. The summed E-state index contributed by atoms with van der Waals surface area (Å²) in [5.74, 6) is -0.580. The van der Waals surface area contributed by atoms with Crippen molar-refractivity contribution in [2.24, 2.45) is 0 Å². The zero-order chi connectivity index (χ0) is 14.7. The molecule has 6 heteroatoms. The van der Waals surface area contributed by atoms with E-state index in [-0.39, 0.29) is 5.75 Å². The van der Waals surface area contributed by atoms with E-state index >= 15 is 0 Å². The molecule has 0 aromatic heterocycles. The van der Waals surface area contributed by atoms with Gasteiger partial charge < -0.3 is 19.8 Å². The SMILES string of the molecule is COc1cc(C(C(=O)O)N2CCN(C)CC2)ccc1O. The monoisotopic (exact) mass is 280 g/mol. The minimum Gasteiger partial charge on any atom is -0.504 e. The average Bonchev–Trinajstić information content (AvgIpc) is 2.42. The minimum atomic E-state index is -0.887. The molecule has 20 heavy (non-hydrogen) atoms. The summed E-state index contributed by atoms with van der Waals surface area (Å²) in [5, 5.41) is 19.1. The molecule has 1 heterocycles. The maximum atomic E-state index is 11.6. The number of hydrogen-bond acceptors (Lipinski definition) is 5. The number of nitrogens with zero attached hydrogens (tertiary/aromatic N) is 2. The van der Waals surface area contributed by atoms with Gasteiger partial charge in [0.15, 0.2) is 11.5 Å². The van der Waals surface area contributed by atoms with Crippen LogP contribution in [-0.4, -0.2) is 66.3 Å². The Morgan fingerprint density at radius 3 is 2.50 bits per heavy atom. The van der Waals surface area contributed by atoms with Gasteiger partial charge >= 0.3 is 5.97 Å². The van der Waals surface area contributed by atoms with Gasteiger partial charge in [0.25, 0.3) is 0 Å². The molecule has 0 spiro atoms. The summed E-state index contributed by atoms with van der Waals surface area (Å²) in [4.78, 5) is 15.7. The molecule has 1 aromatic carbocycles. The predicted octanol–water partition coefficient (Wildman–Crippen LogP) is 0.774. The number of likely N-dealkylation sites (N-methyl/N-ethyl adjacent to an activating group) is 1. The molecule has 0 aliphatic carbocycles. The molecule has 0 radical (unpaired) electrons. The van der Waals surface area contributed by atoms with Crippen molar-refractivity contribution in [3.63, 3.8) is 0 Å². The molecule has 1 aliphatic rings. The number of phenols is 1. The second-order valence-electron chi connectivity index (χ2n) is 5.01. The molecule has 1 atom stereocenters. The number of piperazine rings is 1. The van der Waals surface area contributed by atoms with E-state index in [0.717, 1.165) is 13.1 Å². The normalized spacial score (nSPS) is 18.7. The quantitative estimate of drug-likeness (QED) is 0.849. The highest BCUT2D eigenvalue weighted by Gasteiger charge is 2.30. The van der Waals surface area contributed by atoms with Crippen molar-refractivity contribution in [3.05, 3.63) is 23.8 Å². The number of rotatable bonds is 4. The Hall–Kier alpha value is -1.79. The van der Waals surface area contributed by atoms with Gasteiger partial charge in [-0.2, -0.15) is 0 Å². The van der Waals surface area contributed by atoms with E-state index in [4.69, 9.17) is 4.74 Å². The number of carboxylic acids is 1. The summed E-state index contributed by atoms with van der Waals surface area (Å²) in [6, 6.07) is 3.99. The maximum absolute atomic E-state index is 11.6. The topological polar surface area (TPSA) is 73.2 Å². The van der Waals surface area contributed by atoms with Gasteiger partial charge in [-0.15, -0.1) is 0 Å². The summed E-state index contributed by atoms with van der Waals surface area (Å²) in [7, 11) is 3.47. The Morgan fingerprint density at radius 2 is 1.95 bits per heavy atom. The zero-order valence-corrected chi connectivity index (χ0v) is 11.7. The summed E-state index contributed by atoms with van der Waals surface area (Å²) in [6.45, 7) is 3.10. The predicted molar refractivity (Wildman–Crippen MR) is 74.1 cm³/mol. The van der Waals surface area contributed by atoms with Crippen molar-refractivity contribution in [1.82, 2.24) is 9.80 Å². The summed E-state index contributed by atoms with van der Waals surface area (Å²) >= 11 is 0. The first kappa shape index (κ1) is 14.6. The highest BCUT2D eigenvalue weighted by Crippen LogP contribution is 2.31. The second kappa shape index (κ2) is 6.11. The molecule has 1 aromatic rings. The van der Waals surface area contributed by atoms with Crippen molar-refractivity contribution in [2.45, 2.75) is 6.04 Å². The Labute approximate surface area is 118 Å². The number of benzene rings is 1. The molecule has 6 nitrogen and oxygen atoms in total. The fraction of sp³-hybridized carbons (Fsp3) is 0.500. The van der Waals surface area contributed by atoms with Crippen LogP contribution in [-0.2, 0) is 4.79 Å². The minimum absolute atomic E-state index is 0.0127. The molecule has 2 rings (SSSR count). The Bertz CT molecular complexity index is 484. The summed E-state index contributed by atoms with van der Waals surface area (Å²) in [6.07, 6.45) is 0. The molecule has 1 fully saturated rings. The lowest BCUT2D eigenvalue weighted by atomic mass is 10.0. The van der Waals surface area contributed by atoms with Gasteiger partial charge in [0.05, 0.1) is 7.11 Å². The molecular formula is C14H20N2O4. The number of aliphatic carboxylic acids is 1. The van der Waals surface area contributed by atoms with Crippen LogP contribution in [0.15, 0.2) is 18.2 Å². The van der Waals surface area contributed by atoms with Gasteiger partial charge in [-0.1, -0.05) is 6.07 Å². The standard InChI is InChI=1S/C14H20N2O4/c1-15-5-7-16(8-6-15)13(14(18)19)10-3-4-11(17)12(9-10)20-2/h3-4,9,13,17H,5-8H2,1-2H3,(H,18,19). The summed E-state index contributed by atoms with van der Waals surface area (Å²) in [5.41, 5.74) is 0.622. The van der Waals surface area contributed by atoms with Crippen LogP contribution in [0.1, 0.15) is 11.6 Å². The van der Waals surface area contributed by atoms with Gasteiger partial charge in [-0.3, -0.25) is 9.69 Å². The van der Waals surface area contributed by atoms with E-state index in [1.807, 2.05) is 11.9 Å². The number of phenolic OH excluding ortho intramolecular Hbond substituents is 1. The summed E-state index contributed by atoms with van der Waals surface area (Å²) < 4.78 is 5.05. The number of methoxy groups -OCH3 is 1. The van der Waals surface area contributed by atoms with Crippen LogP contribution >= 0.6 is 0 Å². The van der Waals surface area contributed by atoms with Crippen LogP contribution in [0.2, 0.25) is 0 Å². The third-order valence-corrected chi connectivity index (χ3v) is 3.66. The van der Waals surface area contributed by atoms with Crippen molar-refractivity contribution in [1.29, 1.82) is 0 Å². The van der Waals surface area contributed by atoms with Crippen LogP contribution in [0.3, 0.4) is 0 Å². The third-order valence-electron chi connectivity index (χ3n) is 3.66. The number of aromatic hydroxyl groups is 1. The van der Waals surface area contributed by atoms with Crippen molar-refractivity contribution in [3.8, 4) is 11.5 Å². The number of carboxylic acid groups (broad SMARTS) is 1. The van der Waals surface area contributed by atoms with Gasteiger partial charge in [0.1, 0.15) is 6.04 Å². The van der Waals surface area contributed by atoms with Gasteiger partial charge in [0.2, 0.25) is 0 Å². The molecule has 1 unspecified atom stereocenters. The van der Waals surface area contributed by atoms with E-state index in [2.05, 4.69) is 4.90 Å². The van der Waals surface area contributed by atoms with Crippen LogP contribution in [0.25, 0.3) is 0 Å². The molecule has 0 saturated carbocycles. The lowest BCUT2D eigenvalue weighted by Gasteiger charge is -2.36. The van der Waals surface area contributed by atoms with Crippen LogP contribution in [0.4, 0.5) is 0 Å². The third kappa shape index (κ3) is 3.02.